The van der Waals surface area contributed by atoms with Gasteiger partial charge in [0, 0.05) is 10.5 Å². The van der Waals surface area contributed by atoms with Crippen LogP contribution < -0.4 is 10.1 Å². The van der Waals surface area contributed by atoms with Gasteiger partial charge >= 0.3 is 0 Å². The van der Waals surface area contributed by atoms with Crippen LogP contribution >= 0.6 is 43.5 Å². The molecule has 0 heterocycles. The zero-order valence-electron chi connectivity index (χ0n) is 11.8. The molecule has 2 aromatic carbocycles. The Morgan fingerprint density at radius 1 is 1.14 bits per heavy atom. The van der Waals surface area contributed by atoms with Gasteiger partial charge in [0.1, 0.15) is 5.75 Å². The van der Waals surface area contributed by atoms with Crippen LogP contribution in [-0.2, 0) is 6.42 Å². The molecule has 2 aromatic rings. The summed E-state index contributed by atoms with van der Waals surface area (Å²) in [6, 6.07) is 12.4. The molecule has 0 bridgehead atoms. The molecule has 1 N–H and O–H groups in total. The predicted octanol–water partition coefficient (Wildman–Crippen LogP) is 5.38. The summed E-state index contributed by atoms with van der Waals surface area (Å²) in [6.07, 6.45) is 0.882. The van der Waals surface area contributed by atoms with Gasteiger partial charge in [-0.3, -0.25) is 0 Å². The lowest BCUT2D eigenvalue weighted by Gasteiger charge is -2.18. The molecule has 1 atom stereocenters. The van der Waals surface area contributed by atoms with Crippen molar-refractivity contribution < 1.29 is 4.74 Å². The number of rotatable bonds is 5. The third kappa shape index (κ3) is 4.22. The predicted molar refractivity (Wildman–Crippen MR) is 95.4 cm³/mol. The van der Waals surface area contributed by atoms with Gasteiger partial charge in [0.25, 0.3) is 0 Å². The molecule has 0 saturated carbocycles. The zero-order valence-corrected chi connectivity index (χ0v) is 15.7. The Hall–Kier alpha value is -0.550. The van der Waals surface area contributed by atoms with Gasteiger partial charge in [-0.1, -0.05) is 23.7 Å². The number of likely N-dealkylation sites (N-methyl/N-ethyl adjacent to an activating group) is 1. The normalized spacial score (nSPS) is 12.2. The van der Waals surface area contributed by atoms with E-state index in [-0.39, 0.29) is 6.04 Å². The first-order valence-corrected chi connectivity index (χ1v) is 8.46. The van der Waals surface area contributed by atoms with Crippen LogP contribution in [0.15, 0.2) is 45.3 Å². The number of ether oxygens (including phenoxy) is 1. The van der Waals surface area contributed by atoms with E-state index in [2.05, 4.69) is 55.4 Å². The maximum Gasteiger partial charge on any atom is 0.133 e. The van der Waals surface area contributed by atoms with Gasteiger partial charge in [-0.25, -0.2) is 0 Å². The van der Waals surface area contributed by atoms with E-state index in [1.165, 1.54) is 11.1 Å². The zero-order chi connectivity index (χ0) is 15.4. The molecule has 0 fully saturated rings. The molecular weight excluding hydrogens is 417 g/mol. The highest BCUT2D eigenvalue weighted by Gasteiger charge is 2.12. The van der Waals surface area contributed by atoms with Crippen molar-refractivity contribution in [2.24, 2.45) is 0 Å². The SMILES string of the molecule is CNC(Cc1ccc(OC)c(Br)c1)c1ccc(Cl)c(Br)c1. The molecule has 0 amide bonds. The molecule has 21 heavy (non-hydrogen) atoms. The summed E-state index contributed by atoms with van der Waals surface area (Å²) in [5.74, 6) is 0.842. The second-order valence-corrected chi connectivity index (χ2v) is 6.80. The lowest BCUT2D eigenvalue weighted by atomic mass is 9.99. The quantitative estimate of drug-likeness (QED) is 0.684. The molecule has 0 radical (unpaired) electrons. The van der Waals surface area contributed by atoms with Gasteiger partial charge in [0.2, 0.25) is 0 Å². The van der Waals surface area contributed by atoms with Crippen LogP contribution in [0.3, 0.4) is 0 Å². The van der Waals surface area contributed by atoms with Crippen molar-refractivity contribution >= 4 is 43.5 Å². The standard InChI is InChI=1S/C16H16Br2ClNO/c1-20-15(11-4-5-14(19)12(17)9-11)8-10-3-6-16(21-2)13(18)7-10/h3-7,9,15,20H,8H2,1-2H3. The highest BCUT2D eigenvalue weighted by molar-refractivity contribution is 9.10. The molecular formula is C16H16Br2ClNO. The minimum atomic E-state index is 0.221. The number of hydrogen-bond donors (Lipinski definition) is 1. The van der Waals surface area contributed by atoms with E-state index in [4.69, 9.17) is 16.3 Å². The summed E-state index contributed by atoms with van der Waals surface area (Å²) in [5.41, 5.74) is 2.42. The van der Waals surface area contributed by atoms with Crippen LogP contribution in [0.4, 0.5) is 0 Å². The van der Waals surface area contributed by atoms with E-state index < -0.39 is 0 Å². The second kappa shape index (κ2) is 7.63. The summed E-state index contributed by atoms with van der Waals surface area (Å²) in [6.45, 7) is 0. The van der Waals surface area contributed by atoms with Crippen LogP contribution in [-0.4, -0.2) is 14.2 Å². The highest BCUT2D eigenvalue weighted by Crippen LogP contribution is 2.30. The fraction of sp³-hybridized carbons (Fsp3) is 0.250. The molecule has 2 nitrogen and oxygen atoms in total. The van der Waals surface area contributed by atoms with Crippen molar-refractivity contribution in [2.75, 3.05) is 14.2 Å². The first-order chi connectivity index (χ1) is 10.0. The van der Waals surface area contributed by atoms with E-state index in [9.17, 15) is 0 Å². The number of halogens is 3. The first kappa shape index (κ1) is 16.8. The largest absolute Gasteiger partial charge is 0.496 e. The number of methoxy groups -OCH3 is 1. The maximum absolute atomic E-state index is 6.06. The molecule has 2 rings (SSSR count). The average Bonchev–Trinajstić information content (AvgIpc) is 2.48. The third-order valence-electron chi connectivity index (χ3n) is 3.35. The fourth-order valence-corrected chi connectivity index (χ4v) is 3.29. The van der Waals surface area contributed by atoms with Crippen molar-refractivity contribution in [1.29, 1.82) is 0 Å². The van der Waals surface area contributed by atoms with Crippen LogP contribution in [0.1, 0.15) is 17.2 Å². The Kier molecular flexibility index (Phi) is 6.11. The topological polar surface area (TPSA) is 21.3 Å². The smallest absolute Gasteiger partial charge is 0.133 e. The van der Waals surface area contributed by atoms with Crippen molar-refractivity contribution in [3.63, 3.8) is 0 Å². The molecule has 0 aliphatic carbocycles. The Bertz CT molecular complexity index is 634. The molecule has 0 spiro atoms. The summed E-state index contributed by atoms with van der Waals surface area (Å²) in [4.78, 5) is 0. The lowest BCUT2D eigenvalue weighted by molar-refractivity contribution is 0.412. The van der Waals surface area contributed by atoms with Crippen molar-refractivity contribution in [2.45, 2.75) is 12.5 Å². The van der Waals surface area contributed by atoms with E-state index in [0.29, 0.717) is 0 Å². The summed E-state index contributed by atoms with van der Waals surface area (Å²) < 4.78 is 7.14. The molecule has 1 unspecified atom stereocenters. The van der Waals surface area contributed by atoms with E-state index in [0.717, 1.165) is 26.1 Å². The van der Waals surface area contributed by atoms with Gasteiger partial charge in [-0.15, -0.1) is 0 Å². The first-order valence-electron chi connectivity index (χ1n) is 6.49. The van der Waals surface area contributed by atoms with Crippen molar-refractivity contribution in [3.05, 3.63) is 61.5 Å². The molecule has 0 aliphatic rings. The number of hydrogen-bond acceptors (Lipinski definition) is 2. The summed E-state index contributed by atoms with van der Waals surface area (Å²) in [5, 5.41) is 4.07. The Morgan fingerprint density at radius 3 is 2.48 bits per heavy atom. The molecule has 0 aliphatic heterocycles. The van der Waals surface area contributed by atoms with Crippen LogP contribution in [0.2, 0.25) is 5.02 Å². The summed E-state index contributed by atoms with van der Waals surface area (Å²) in [7, 11) is 3.63. The Morgan fingerprint density at radius 2 is 1.90 bits per heavy atom. The highest BCUT2D eigenvalue weighted by atomic mass is 79.9. The Labute approximate surface area is 147 Å². The Balaban J connectivity index is 2.22. The van der Waals surface area contributed by atoms with Crippen molar-refractivity contribution in [3.8, 4) is 5.75 Å². The minimum absolute atomic E-state index is 0.221. The van der Waals surface area contributed by atoms with Crippen LogP contribution in [0.5, 0.6) is 5.75 Å². The number of nitrogens with one attached hydrogen (secondary N) is 1. The van der Waals surface area contributed by atoms with E-state index in [1.807, 2.05) is 25.2 Å². The van der Waals surface area contributed by atoms with Crippen molar-refractivity contribution in [1.82, 2.24) is 5.32 Å². The molecule has 5 heteroatoms. The van der Waals surface area contributed by atoms with Gasteiger partial charge in [0.15, 0.2) is 0 Å². The van der Waals surface area contributed by atoms with Gasteiger partial charge in [-0.05, 0) is 80.7 Å². The van der Waals surface area contributed by atoms with Gasteiger partial charge in [0.05, 0.1) is 16.6 Å². The average molecular weight is 434 g/mol. The monoisotopic (exact) mass is 431 g/mol. The fourth-order valence-electron chi connectivity index (χ4n) is 2.19. The van der Waals surface area contributed by atoms with Crippen LogP contribution in [0.25, 0.3) is 0 Å². The minimum Gasteiger partial charge on any atom is -0.496 e. The number of benzene rings is 2. The van der Waals surface area contributed by atoms with E-state index in [1.54, 1.807) is 7.11 Å². The van der Waals surface area contributed by atoms with E-state index >= 15 is 0 Å². The lowest BCUT2D eigenvalue weighted by Crippen LogP contribution is -2.18. The second-order valence-electron chi connectivity index (χ2n) is 4.69. The van der Waals surface area contributed by atoms with Crippen LogP contribution in [0, 0.1) is 0 Å². The summed E-state index contributed by atoms with van der Waals surface area (Å²) >= 11 is 13.1. The van der Waals surface area contributed by atoms with Gasteiger partial charge < -0.3 is 10.1 Å². The molecule has 0 aromatic heterocycles. The third-order valence-corrected chi connectivity index (χ3v) is 5.18. The molecule has 0 saturated heterocycles. The maximum atomic E-state index is 6.06. The van der Waals surface area contributed by atoms with Gasteiger partial charge in [-0.2, -0.15) is 0 Å². The molecule has 112 valence electrons.